The molecule has 1 heterocycles. The van der Waals surface area contributed by atoms with Crippen molar-refractivity contribution in [3.05, 3.63) is 34.2 Å². The molecule has 1 amide bonds. The van der Waals surface area contributed by atoms with Crippen LogP contribution in [0, 0.1) is 0 Å². The van der Waals surface area contributed by atoms with E-state index in [2.05, 4.69) is 10.3 Å². The number of pyridine rings is 1. The Morgan fingerprint density at radius 2 is 2.16 bits per heavy atom. The highest BCUT2D eigenvalue weighted by molar-refractivity contribution is 5.97. The van der Waals surface area contributed by atoms with Crippen LogP contribution in [0.2, 0.25) is 0 Å². The minimum absolute atomic E-state index is 0.0336. The van der Waals surface area contributed by atoms with Crippen molar-refractivity contribution >= 4 is 11.9 Å². The second-order valence-electron chi connectivity index (χ2n) is 4.44. The van der Waals surface area contributed by atoms with Crippen LogP contribution in [0.15, 0.2) is 23.1 Å². The summed E-state index contributed by atoms with van der Waals surface area (Å²) in [5.41, 5.74) is -1.67. The molecule has 0 fully saturated rings. The fourth-order valence-electron chi connectivity index (χ4n) is 1.86. The van der Waals surface area contributed by atoms with E-state index in [0.29, 0.717) is 12.8 Å². The standard InChI is InChI=1S/C13H18N2O4/c1-4-7-13(2,12(18)19-3)15-11(17)9-6-5-8-14-10(9)16/h5-6,8H,4,7H2,1-3H3,(H,14,16)(H,15,17). The van der Waals surface area contributed by atoms with Crippen LogP contribution in [-0.2, 0) is 9.53 Å². The molecule has 0 aliphatic rings. The lowest BCUT2D eigenvalue weighted by atomic mass is 9.95. The summed E-state index contributed by atoms with van der Waals surface area (Å²) in [6.07, 6.45) is 2.55. The number of hydrogen-bond acceptors (Lipinski definition) is 4. The summed E-state index contributed by atoms with van der Waals surface area (Å²) in [6.45, 7) is 3.47. The van der Waals surface area contributed by atoms with Crippen LogP contribution in [0.4, 0.5) is 0 Å². The molecule has 0 saturated carbocycles. The van der Waals surface area contributed by atoms with Crippen molar-refractivity contribution in [3.8, 4) is 0 Å². The molecule has 19 heavy (non-hydrogen) atoms. The number of H-pyrrole nitrogens is 1. The van der Waals surface area contributed by atoms with Gasteiger partial charge in [0, 0.05) is 6.20 Å². The van der Waals surface area contributed by atoms with Gasteiger partial charge in [-0.1, -0.05) is 13.3 Å². The minimum atomic E-state index is -1.14. The van der Waals surface area contributed by atoms with Crippen molar-refractivity contribution in [2.45, 2.75) is 32.2 Å². The molecule has 1 atom stereocenters. The largest absolute Gasteiger partial charge is 0.467 e. The van der Waals surface area contributed by atoms with Gasteiger partial charge in [-0.15, -0.1) is 0 Å². The molecule has 2 N–H and O–H groups in total. The summed E-state index contributed by atoms with van der Waals surface area (Å²) in [5.74, 6) is -1.13. The van der Waals surface area contributed by atoms with E-state index in [1.165, 1.54) is 19.4 Å². The van der Waals surface area contributed by atoms with Gasteiger partial charge in [0.25, 0.3) is 11.5 Å². The summed E-state index contributed by atoms with van der Waals surface area (Å²) >= 11 is 0. The lowest BCUT2D eigenvalue weighted by Gasteiger charge is -2.27. The first-order valence-corrected chi connectivity index (χ1v) is 6.03. The number of aromatic nitrogens is 1. The van der Waals surface area contributed by atoms with E-state index >= 15 is 0 Å². The molecule has 1 rings (SSSR count). The molecular formula is C13H18N2O4. The Kier molecular flexibility index (Phi) is 4.86. The summed E-state index contributed by atoms with van der Waals surface area (Å²) < 4.78 is 4.70. The Bertz CT molecular complexity index is 523. The highest BCUT2D eigenvalue weighted by Crippen LogP contribution is 2.14. The van der Waals surface area contributed by atoms with Crippen molar-refractivity contribution in [1.82, 2.24) is 10.3 Å². The van der Waals surface area contributed by atoms with Gasteiger partial charge in [-0.3, -0.25) is 9.59 Å². The summed E-state index contributed by atoms with van der Waals surface area (Å²) in [5, 5.41) is 2.57. The average molecular weight is 266 g/mol. The smallest absolute Gasteiger partial charge is 0.331 e. The number of aromatic amines is 1. The van der Waals surface area contributed by atoms with E-state index in [1.807, 2.05) is 6.92 Å². The van der Waals surface area contributed by atoms with Gasteiger partial charge in [-0.05, 0) is 25.5 Å². The number of carbonyl (C=O) groups excluding carboxylic acids is 2. The van der Waals surface area contributed by atoms with Crippen LogP contribution in [0.1, 0.15) is 37.0 Å². The van der Waals surface area contributed by atoms with E-state index in [1.54, 1.807) is 13.0 Å². The van der Waals surface area contributed by atoms with Crippen molar-refractivity contribution < 1.29 is 14.3 Å². The molecule has 0 radical (unpaired) electrons. The highest BCUT2D eigenvalue weighted by Gasteiger charge is 2.35. The molecule has 6 heteroatoms. The first-order valence-electron chi connectivity index (χ1n) is 6.03. The normalized spacial score (nSPS) is 13.4. The number of nitrogens with one attached hydrogen (secondary N) is 2. The van der Waals surface area contributed by atoms with E-state index in [9.17, 15) is 14.4 Å². The first kappa shape index (κ1) is 14.9. The van der Waals surface area contributed by atoms with E-state index in [4.69, 9.17) is 4.74 Å². The monoisotopic (exact) mass is 266 g/mol. The molecule has 0 aliphatic heterocycles. The van der Waals surface area contributed by atoms with Gasteiger partial charge >= 0.3 is 5.97 Å². The van der Waals surface area contributed by atoms with Crippen LogP contribution in [0.5, 0.6) is 0 Å². The van der Waals surface area contributed by atoms with Crippen molar-refractivity contribution in [1.29, 1.82) is 0 Å². The van der Waals surface area contributed by atoms with Crippen molar-refractivity contribution in [3.63, 3.8) is 0 Å². The van der Waals surface area contributed by atoms with E-state index in [0.717, 1.165) is 0 Å². The average Bonchev–Trinajstić information content (AvgIpc) is 2.38. The highest BCUT2D eigenvalue weighted by atomic mass is 16.5. The fourth-order valence-corrected chi connectivity index (χ4v) is 1.86. The molecule has 1 aromatic rings. The van der Waals surface area contributed by atoms with Crippen LogP contribution in [0.3, 0.4) is 0 Å². The van der Waals surface area contributed by atoms with Crippen LogP contribution in [-0.4, -0.2) is 29.5 Å². The molecule has 0 aromatic carbocycles. The molecule has 0 spiro atoms. The van der Waals surface area contributed by atoms with Gasteiger partial charge in [-0.25, -0.2) is 4.79 Å². The molecule has 0 saturated heterocycles. The summed E-state index contributed by atoms with van der Waals surface area (Å²) in [6, 6.07) is 2.95. The zero-order chi connectivity index (χ0) is 14.5. The number of carbonyl (C=O) groups is 2. The maximum absolute atomic E-state index is 12.0. The maximum Gasteiger partial charge on any atom is 0.331 e. The topological polar surface area (TPSA) is 88.3 Å². The number of rotatable bonds is 5. The number of ether oxygens (including phenoxy) is 1. The Morgan fingerprint density at radius 3 is 2.68 bits per heavy atom. The second kappa shape index (κ2) is 6.17. The van der Waals surface area contributed by atoms with Crippen LogP contribution >= 0.6 is 0 Å². The third-order valence-electron chi connectivity index (χ3n) is 2.84. The Labute approximate surface area is 111 Å². The molecule has 0 aliphatic carbocycles. The summed E-state index contributed by atoms with van der Waals surface area (Å²) in [7, 11) is 1.26. The molecule has 0 bridgehead atoms. The van der Waals surface area contributed by atoms with Gasteiger partial charge in [0.1, 0.15) is 11.1 Å². The van der Waals surface area contributed by atoms with Crippen molar-refractivity contribution in [2.24, 2.45) is 0 Å². The fraction of sp³-hybridized carbons (Fsp3) is 0.462. The lowest BCUT2D eigenvalue weighted by Crippen LogP contribution is -2.53. The molecule has 1 unspecified atom stereocenters. The third-order valence-corrected chi connectivity index (χ3v) is 2.84. The zero-order valence-corrected chi connectivity index (χ0v) is 11.3. The third kappa shape index (κ3) is 3.43. The second-order valence-corrected chi connectivity index (χ2v) is 4.44. The van der Waals surface area contributed by atoms with Crippen LogP contribution < -0.4 is 10.9 Å². The molecular weight excluding hydrogens is 248 g/mol. The van der Waals surface area contributed by atoms with E-state index in [-0.39, 0.29) is 5.56 Å². The minimum Gasteiger partial charge on any atom is -0.467 e. The quantitative estimate of drug-likeness (QED) is 0.773. The van der Waals surface area contributed by atoms with Crippen LogP contribution in [0.25, 0.3) is 0 Å². The number of esters is 1. The molecule has 6 nitrogen and oxygen atoms in total. The van der Waals surface area contributed by atoms with Gasteiger partial charge < -0.3 is 15.0 Å². The zero-order valence-electron chi connectivity index (χ0n) is 11.3. The number of amides is 1. The SMILES string of the molecule is CCCC(C)(NC(=O)c1ccc[nH]c1=O)C(=O)OC. The van der Waals surface area contributed by atoms with Gasteiger partial charge in [0.05, 0.1) is 7.11 Å². The predicted octanol–water partition coefficient (Wildman–Crippen LogP) is 0.836. The van der Waals surface area contributed by atoms with Crippen molar-refractivity contribution in [2.75, 3.05) is 7.11 Å². The summed E-state index contributed by atoms with van der Waals surface area (Å²) in [4.78, 5) is 37.7. The lowest BCUT2D eigenvalue weighted by molar-refractivity contribution is -0.147. The van der Waals surface area contributed by atoms with E-state index < -0.39 is 23.0 Å². The Hall–Kier alpha value is -2.11. The Morgan fingerprint density at radius 1 is 1.47 bits per heavy atom. The Balaban J connectivity index is 2.98. The van der Waals surface area contributed by atoms with Gasteiger partial charge in [0.2, 0.25) is 0 Å². The maximum atomic E-state index is 12.0. The first-order chi connectivity index (χ1) is 8.94. The number of methoxy groups -OCH3 is 1. The molecule has 1 aromatic heterocycles. The number of hydrogen-bond donors (Lipinski definition) is 2. The predicted molar refractivity (Wildman–Crippen MR) is 69.9 cm³/mol. The van der Waals surface area contributed by atoms with Gasteiger partial charge in [0.15, 0.2) is 0 Å². The van der Waals surface area contributed by atoms with Gasteiger partial charge in [-0.2, -0.15) is 0 Å². The molecule has 104 valence electrons.